The third-order valence-electron chi connectivity index (χ3n) is 7.51. The van der Waals surface area contributed by atoms with E-state index < -0.39 is 10.0 Å². The van der Waals surface area contributed by atoms with Gasteiger partial charge in [0.05, 0.1) is 4.90 Å². The number of nitrogens with zero attached hydrogens (tertiary/aromatic N) is 4. The van der Waals surface area contributed by atoms with Crippen LogP contribution in [0.15, 0.2) is 71.2 Å². The summed E-state index contributed by atoms with van der Waals surface area (Å²) in [6, 6.07) is 16.1. The first-order valence-electron chi connectivity index (χ1n) is 12.4. The lowest BCUT2D eigenvalue weighted by atomic mass is 10.1. The predicted molar refractivity (Wildman–Crippen MR) is 144 cm³/mol. The highest BCUT2D eigenvalue weighted by atomic mass is 32.2. The molecule has 8 heteroatoms. The molecule has 0 spiro atoms. The van der Waals surface area contributed by atoms with E-state index in [1.807, 2.05) is 18.2 Å². The molecule has 4 aromatic rings. The van der Waals surface area contributed by atoms with E-state index in [2.05, 4.69) is 44.4 Å². The molecular formula is C27H30N4O2S2. The standard InChI is InChI=1S/C27H30N4O2S2/c32-35(33,27-8-1-4-21-20-28-12-9-23(21)27)31-13-3-5-22(31)10-14-29-15-17-30(18-16-29)25-6-2-7-26-24(25)11-19-34-26/h1-2,4,6-9,11-12,19-20,22H,3,5,10,13-18H2/t22-/m0/s1. The Labute approximate surface area is 210 Å². The second-order valence-corrected chi connectivity index (χ2v) is 12.3. The molecule has 0 amide bonds. The van der Waals surface area contributed by atoms with Gasteiger partial charge in [-0.1, -0.05) is 18.2 Å². The number of benzene rings is 2. The average molecular weight is 507 g/mol. The quantitative estimate of drug-likeness (QED) is 0.376. The number of anilines is 1. The minimum atomic E-state index is -3.55. The number of piperazine rings is 1. The first-order valence-corrected chi connectivity index (χ1v) is 14.7. The zero-order chi connectivity index (χ0) is 23.8. The second kappa shape index (κ2) is 9.50. The third-order valence-corrected chi connectivity index (χ3v) is 10.4. The van der Waals surface area contributed by atoms with Gasteiger partial charge in [0.2, 0.25) is 10.0 Å². The van der Waals surface area contributed by atoms with Crippen molar-refractivity contribution in [3.8, 4) is 0 Å². The molecule has 4 heterocycles. The van der Waals surface area contributed by atoms with Crippen molar-refractivity contribution in [3.05, 3.63) is 66.3 Å². The lowest BCUT2D eigenvalue weighted by molar-refractivity contribution is 0.232. The van der Waals surface area contributed by atoms with Crippen LogP contribution in [-0.2, 0) is 10.0 Å². The van der Waals surface area contributed by atoms with Gasteiger partial charge in [-0.15, -0.1) is 11.3 Å². The molecule has 0 N–H and O–H groups in total. The van der Waals surface area contributed by atoms with Crippen LogP contribution in [0.5, 0.6) is 0 Å². The maximum Gasteiger partial charge on any atom is 0.243 e. The molecule has 6 rings (SSSR count). The number of pyridine rings is 1. The van der Waals surface area contributed by atoms with Gasteiger partial charge in [0.15, 0.2) is 0 Å². The maximum absolute atomic E-state index is 13.7. The molecule has 2 aromatic carbocycles. The minimum Gasteiger partial charge on any atom is -0.368 e. The Bertz CT molecular complexity index is 1440. The molecule has 2 aromatic heterocycles. The van der Waals surface area contributed by atoms with Crippen LogP contribution < -0.4 is 4.90 Å². The van der Waals surface area contributed by atoms with Crippen LogP contribution in [0.1, 0.15) is 19.3 Å². The topological polar surface area (TPSA) is 56.8 Å². The van der Waals surface area contributed by atoms with Gasteiger partial charge in [-0.2, -0.15) is 4.31 Å². The number of hydrogen-bond donors (Lipinski definition) is 0. The summed E-state index contributed by atoms with van der Waals surface area (Å²) in [5.74, 6) is 0. The number of rotatable bonds is 6. The van der Waals surface area contributed by atoms with Crippen LogP contribution in [0.4, 0.5) is 5.69 Å². The first-order chi connectivity index (χ1) is 17.1. The largest absolute Gasteiger partial charge is 0.368 e. The molecule has 0 radical (unpaired) electrons. The van der Waals surface area contributed by atoms with Gasteiger partial charge >= 0.3 is 0 Å². The number of fused-ring (bicyclic) bond motifs is 2. The number of aromatic nitrogens is 1. The highest BCUT2D eigenvalue weighted by Crippen LogP contribution is 2.33. The number of thiophene rings is 1. The van der Waals surface area contributed by atoms with Gasteiger partial charge < -0.3 is 4.90 Å². The van der Waals surface area contributed by atoms with E-state index in [9.17, 15) is 8.42 Å². The van der Waals surface area contributed by atoms with Crippen LogP contribution in [0.2, 0.25) is 0 Å². The summed E-state index contributed by atoms with van der Waals surface area (Å²) in [5.41, 5.74) is 1.33. The number of sulfonamides is 1. The summed E-state index contributed by atoms with van der Waals surface area (Å²) >= 11 is 1.80. The molecule has 35 heavy (non-hydrogen) atoms. The summed E-state index contributed by atoms with van der Waals surface area (Å²) in [5, 5.41) is 5.13. The van der Waals surface area contributed by atoms with Crippen LogP contribution in [0.3, 0.4) is 0 Å². The van der Waals surface area contributed by atoms with E-state index in [0.717, 1.165) is 62.8 Å². The summed E-state index contributed by atoms with van der Waals surface area (Å²) in [4.78, 5) is 9.54. The van der Waals surface area contributed by atoms with Crippen LogP contribution in [0, 0.1) is 0 Å². The monoisotopic (exact) mass is 506 g/mol. The van der Waals surface area contributed by atoms with Crippen molar-refractivity contribution in [2.75, 3.05) is 44.2 Å². The van der Waals surface area contributed by atoms with Crippen molar-refractivity contribution in [1.29, 1.82) is 0 Å². The van der Waals surface area contributed by atoms with Gasteiger partial charge in [-0.25, -0.2) is 8.42 Å². The molecule has 2 aliphatic heterocycles. The summed E-state index contributed by atoms with van der Waals surface area (Å²) in [6.07, 6.45) is 6.14. The molecule has 0 unspecified atom stereocenters. The minimum absolute atomic E-state index is 0.0645. The molecule has 0 bridgehead atoms. The summed E-state index contributed by atoms with van der Waals surface area (Å²) in [6.45, 7) is 5.57. The van der Waals surface area contributed by atoms with Gasteiger partial charge in [0.1, 0.15) is 0 Å². The Morgan fingerprint density at radius 1 is 0.943 bits per heavy atom. The summed E-state index contributed by atoms with van der Waals surface area (Å²) in [7, 11) is -3.55. The second-order valence-electron chi connectivity index (χ2n) is 9.49. The summed E-state index contributed by atoms with van der Waals surface area (Å²) < 4.78 is 30.5. The number of hydrogen-bond acceptors (Lipinski definition) is 6. The normalized spacial score (nSPS) is 20.2. The SMILES string of the molecule is O=S(=O)(c1cccc2cnccc12)N1CCC[C@H]1CCN1CCN(c2cccc3sccc23)CC1. The molecule has 6 nitrogen and oxygen atoms in total. The fourth-order valence-corrected chi connectivity index (χ4v) is 8.40. The Kier molecular flexibility index (Phi) is 6.22. The van der Waals surface area contributed by atoms with E-state index in [4.69, 9.17) is 0 Å². The predicted octanol–water partition coefficient (Wildman–Crippen LogP) is 4.81. The molecule has 0 saturated carbocycles. The van der Waals surface area contributed by atoms with Crippen molar-refractivity contribution in [2.24, 2.45) is 0 Å². The highest BCUT2D eigenvalue weighted by molar-refractivity contribution is 7.89. The lowest BCUT2D eigenvalue weighted by Gasteiger charge is -2.37. The van der Waals surface area contributed by atoms with E-state index in [0.29, 0.717) is 11.4 Å². The van der Waals surface area contributed by atoms with E-state index >= 15 is 0 Å². The van der Waals surface area contributed by atoms with Crippen molar-refractivity contribution in [1.82, 2.24) is 14.2 Å². The van der Waals surface area contributed by atoms with Crippen molar-refractivity contribution >= 4 is 47.9 Å². The molecule has 1 atom stereocenters. The van der Waals surface area contributed by atoms with Crippen LogP contribution in [-0.4, -0.2) is 67.9 Å². The molecular weight excluding hydrogens is 476 g/mol. The van der Waals surface area contributed by atoms with Gasteiger partial charge in [-0.05, 0) is 61.5 Å². The van der Waals surface area contributed by atoms with Crippen LogP contribution in [0.25, 0.3) is 20.9 Å². The van der Waals surface area contributed by atoms with Gasteiger partial charge in [0, 0.05) is 77.7 Å². The fourth-order valence-electron chi connectivity index (χ4n) is 5.66. The average Bonchev–Trinajstić information content (AvgIpc) is 3.57. The van der Waals surface area contributed by atoms with Crippen molar-refractivity contribution in [2.45, 2.75) is 30.2 Å². The Hall–Kier alpha value is -2.52. The fraction of sp³-hybridized carbons (Fsp3) is 0.370. The van der Waals surface area contributed by atoms with Gasteiger partial charge in [0.25, 0.3) is 0 Å². The molecule has 182 valence electrons. The smallest absolute Gasteiger partial charge is 0.243 e. The first kappa shape index (κ1) is 22.9. The van der Waals surface area contributed by atoms with Crippen LogP contribution >= 0.6 is 11.3 Å². The van der Waals surface area contributed by atoms with Crippen molar-refractivity contribution < 1.29 is 8.42 Å². The lowest BCUT2D eigenvalue weighted by Crippen LogP contribution is -2.47. The van der Waals surface area contributed by atoms with Gasteiger partial charge in [-0.3, -0.25) is 9.88 Å². The molecule has 2 fully saturated rings. The van der Waals surface area contributed by atoms with Crippen molar-refractivity contribution in [3.63, 3.8) is 0 Å². The molecule has 2 aliphatic rings. The van der Waals surface area contributed by atoms with E-state index in [1.54, 1.807) is 34.1 Å². The Balaban J connectivity index is 1.11. The zero-order valence-corrected chi connectivity index (χ0v) is 21.3. The highest BCUT2D eigenvalue weighted by Gasteiger charge is 2.36. The third kappa shape index (κ3) is 4.33. The van der Waals surface area contributed by atoms with E-state index in [-0.39, 0.29) is 6.04 Å². The molecule has 0 aliphatic carbocycles. The maximum atomic E-state index is 13.7. The van der Waals surface area contributed by atoms with E-state index in [1.165, 1.54) is 15.8 Å². The molecule has 2 saturated heterocycles. The Morgan fingerprint density at radius 2 is 1.80 bits per heavy atom. The Morgan fingerprint density at radius 3 is 2.69 bits per heavy atom. The zero-order valence-electron chi connectivity index (χ0n) is 19.7.